The van der Waals surface area contributed by atoms with Crippen LogP contribution in [0.3, 0.4) is 0 Å². The maximum absolute atomic E-state index is 14.3. The normalized spacial score (nSPS) is 14.2. The van der Waals surface area contributed by atoms with Gasteiger partial charge in [-0.25, -0.2) is 8.42 Å². The van der Waals surface area contributed by atoms with Crippen LogP contribution in [0.2, 0.25) is 0 Å². The molecule has 3 aromatic carbocycles. The van der Waals surface area contributed by atoms with E-state index in [4.69, 9.17) is 4.74 Å². The molecule has 1 aliphatic carbocycles. The monoisotopic (exact) mass is 637 g/mol. The van der Waals surface area contributed by atoms with Crippen LogP contribution in [-0.4, -0.2) is 63.2 Å². The predicted octanol–water partition coefficient (Wildman–Crippen LogP) is 5.91. The molecule has 0 heterocycles. The standard InChI is InChI=1S/C34H43N3O5S2/c1-4-30(34(39)35-27-15-9-10-16-27)36(24-23-26-13-7-6-8-14-26)33(38)25-37(31-17-11-12-18-32(31)42-5-2)44(40,41)29-21-19-28(43-3)20-22-29/h6-8,11-14,17-22,27,30H,4-5,9-10,15-16,23-25H2,1-3H3,(H,35,39). The minimum absolute atomic E-state index is 0.0660. The van der Waals surface area contributed by atoms with Gasteiger partial charge in [0.15, 0.2) is 0 Å². The molecule has 0 radical (unpaired) electrons. The molecule has 236 valence electrons. The Bertz CT molecular complexity index is 1480. The third-order valence-electron chi connectivity index (χ3n) is 7.93. The maximum Gasteiger partial charge on any atom is 0.264 e. The molecule has 44 heavy (non-hydrogen) atoms. The van der Waals surface area contributed by atoms with Gasteiger partial charge >= 0.3 is 0 Å². The van der Waals surface area contributed by atoms with Crippen LogP contribution in [0.4, 0.5) is 5.69 Å². The zero-order chi connectivity index (χ0) is 31.5. The second kappa shape index (κ2) is 16.0. The second-order valence-corrected chi connectivity index (χ2v) is 13.6. The molecule has 10 heteroatoms. The number of para-hydroxylation sites is 2. The minimum Gasteiger partial charge on any atom is -0.492 e. The number of hydrogen-bond acceptors (Lipinski definition) is 6. The van der Waals surface area contributed by atoms with E-state index in [1.165, 1.54) is 11.8 Å². The lowest BCUT2D eigenvalue weighted by molar-refractivity contribution is -0.139. The highest BCUT2D eigenvalue weighted by molar-refractivity contribution is 7.98. The maximum atomic E-state index is 14.3. The van der Waals surface area contributed by atoms with Crippen LogP contribution in [0.15, 0.2) is 88.7 Å². The lowest BCUT2D eigenvalue weighted by Crippen LogP contribution is -2.54. The third-order valence-corrected chi connectivity index (χ3v) is 10.4. The fourth-order valence-corrected chi connectivity index (χ4v) is 7.43. The van der Waals surface area contributed by atoms with Gasteiger partial charge in [0.2, 0.25) is 11.8 Å². The fourth-order valence-electron chi connectivity index (χ4n) is 5.59. The van der Waals surface area contributed by atoms with Crippen molar-refractivity contribution in [2.45, 2.75) is 74.2 Å². The van der Waals surface area contributed by atoms with E-state index in [1.54, 1.807) is 53.4 Å². The van der Waals surface area contributed by atoms with Crippen LogP contribution in [0, 0.1) is 0 Å². The summed E-state index contributed by atoms with van der Waals surface area (Å²) in [6.45, 7) is 3.81. The highest BCUT2D eigenvalue weighted by Gasteiger charge is 2.35. The average Bonchev–Trinajstić information content (AvgIpc) is 3.55. The second-order valence-electron chi connectivity index (χ2n) is 10.8. The van der Waals surface area contributed by atoms with Crippen molar-refractivity contribution in [3.8, 4) is 5.75 Å². The first-order chi connectivity index (χ1) is 21.3. The van der Waals surface area contributed by atoms with Crippen molar-refractivity contribution in [1.82, 2.24) is 10.2 Å². The van der Waals surface area contributed by atoms with E-state index < -0.39 is 28.5 Å². The molecule has 4 rings (SSSR count). The topological polar surface area (TPSA) is 96.0 Å². The Morgan fingerprint density at radius 1 is 0.955 bits per heavy atom. The van der Waals surface area contributed by atoms with Gasteiger partial charge in [0.25, 0.3) is 10.0 Å². The Kier molecular flexibility index (Phi) is 12.1. The van der Waals surface area contributed by atoms with Gasteiger partial charge in [-0.1, -0.05) is 62.2 Å². The number of nitrogens with zero attached hydrogens (tertiary/aromatic N) is 2. The van der Waals surface area contributed by atoms with E-state index in [0.29, 0.717) is 25.2 Å². The summed E-state index contributed by atoms with van der Waals surface area (Å²) in [6.07, 6.45) is 6.84. The number of carbonyl (C=O) groups is 2. The van der Waals surface area contributed by atoms with Gasteiger partial charge in [-0.2, -0.15) is 0 Å². The lowest BCUT2D eigenvalue weighted by Gasteiger charge is -2.34. The number of thioether (sulfide) groups is 1. The third kappa shape index (κ3) is 8.35. The molecule has 1 aliphatic rings. The van der Waals surface area contributed by atoms with Crippen molar-refractivity contribution < 1.29 is 22.7 Å². The van der Waals surface area contributed by atoms with Crippen LogP contribution in [0.25, 0.3) is 0 Å². The molecule has 1 unspecified atom stereocenters. The summed E-state index contributed by atoms with van der Waals surface area (Å²) in [5, 5.41) is 3.15. The number of amides is 2. The van der Waals surface area contributed by atoms with Crippen molar-refractivity contribution in [3.63, 3.8) is 0 Å². The van der Waals surface area contributed by atoms with Gasteiger partial charge in [-0.05, 0) is 80.8 Å². The molecule has 1 N–H and O–H groups in total. The number of sulfonamides is 1. The molecule has 2 amide bonds. The summed E-state index contributed by atoms with van der Waals surface area (Å²) in [5.74, 6) is -0.295. The molecule has 0 aromatic heterocycles. The van der Waals surface area contributed by atoms with Crippen LogP contribution < -0.4 is 14.4 Å². The Morgan fingerprint density at radius 2 is 1.61 bits per heavy atom. The fraction of sp³-hybridized carbons (Fsp3) is 0.412. The summed E-state index contributed by atoms with van der Waals surface area (Å²) < 4.78 is 35.4. The smallest absolute Gasteiger partial charge is 0.264 e. The minimum atomic E-state index is -4.19. The molecule has 0 spiro atoms. The number of nitrogens with one attached hydrogen (secondary N) is 1. The van der Waals surface area contributed by atoms with E-state index in [2.05, 4.69) is 5.32 Å². The summed E-state index contributed by atoms with van der Waals surface area (Å²) >= 11 is 1.51. The zero-order valence-corrected chi connectivity index (χ0v) is 27.4. The zero-order valence-electron chi connectivity index (χ0n) is 25.8. The number of hydrogen-bond donors (Lipinski definition) is 1. The summed E-state index contributed by atoms with van der Waals surface area (Å²) in [6, 6.07) is 22.6. The summed E-state index contributed by atoms with van der Waals surface area (Å²) in [5.41, 5.74) is 1.29. The van der Waals surface area contributed by atoms with E-state index in [-0.39, 0.29) is 29.1 Å². The number of carbonyl (C=O) groups excluding carboxylic acids is 2. The van der Waals surface area contributed by atoms with E-state index in [1.807, 2.05) is 50.4 Å². The summed E-state index contributed by atoms with van der Waals surface area (Å²) in [4.78, 5) is 30.5. The largest absolute Gasteiger partial charge is 0.492 e. The van der Waals surface area contributed by atoms with Gasteiger partial charge in [0, 0.05) is 17.5 Å². The quantitative estimate of drug-likeness (QED) is 0.208. The van der Waals surface area contributed by atoms with E-state index in [0.717, 1.165) is 40.4 Å². The molecule has 0 saturated heterocycles. The first kappa shape index (κ1) is 33.4. The van der Waals surface area contributed by atoms with Gasteiger partial charge < -0.3 is 15.0 Å². The Balaban J connectivity index is 1.71. The van der Waals surface area contributed by atoms with Crippen LogP contribution in [0.5, 0.6) is 5.75 Å². The first-order valence-electron chi connectivity index (χ1n) is 15.3. The van der Waals surface area contributed by atoms with Crippen molar-refractivity contribution in [2.24, 2.45) is 0 Å². The molecule has 0 aliphatic heterocycles. The average molecular weight is 638 g/mol. The number of rotatable bonds is 15. The number of ether oxygens (including phenoxy) is 1. The molecule has 0 bridgehead atoms. The number of anilines is 1. The lowest BCUT2D eigenvalue weighted by atomic mass is 10.1. The van der Waals surface area contributed by atoms with Crippen LogP contribution in [-0.2, 0) is 26.0 Å². The SMILES string of the molecule is CCOc1ccccc1N(CC(=O)N(CCc1ccccc1)C(CC)C(=O)NC1CCCC1)S(=O)(=O)c1ccc(SC)cc1. The highest BCUT2D eigenvalue weighted by atomic mass is 32.2. The van der Waals surface area contributed by atoms with Crippen molar-refractivity contribution >= 4 is 39.3 Å². The van der Waals surface area contributed by atoms with Gasteiger partial charge in [0.1, 0.15) is 18.3 Å². The Morgan fingerprint density at radius 3 is 2.25 bits per heavy atom. The van der Waals surface area contributed by atoms with Crippen molar-refractivity contribution in [3.05, 3.63) is 84.4 Å². The number of benzene rings is 3. The summed E-state index contributed by atoms with van der Waals surface area (Å²) in [7, 11) is -4.19. The molecule has 1 fully saturated rings. The van der Waals surface area contributed by atoms with Crippen molar-refractivity contribution in [2.75, 3.05) is 30.3 Å². The molecule has 3 aromatic rings. The van der Waals surface area contributed by atoms with Gasteiger partial charge in [-0.3, -0.25) is 13.9 Å². The van der Waals surface area contributed by atoms with Crippen LogP contribution >= 0.6 is 11.8 Å². The molecular weight excluding hydrogens is 595 g/mol. The first-order valence-corrected chi connectivity index (χ1v) is 18.0. The molecule has 1 atom stereocenters. The Labute approximate surface area is 266 Å². The predicted molar refractivity (Wildman–Crippen MR) is 177 cm³/mol. The molecule has 8 nitrogen and oxygen atoms in total. The Hall–Kier alpha value is -3.50. The van der Waals surface area contributed by atoms with E-state index in [9.17, 15) is 18.0 Å². The van der Waals surface area contributed by atoms with Gasteiger partial charge in [-0.15, -0.1) is 11.8 Å². The molecule has 1 saturated carbocycles. The molecular formula is C34H43N3O5S2. The van der Waals surface area contributed by atoms with Crippen LogP contribution in [0.1, 0.15) is 51.5 Å². The van der Waals surface area contributed by atoms with E-state index >= 15 is 0 Å². The highest BCUT2D eigenvalue weighted by Crippen LogP contribution is 2.33. The van der Waals surface area contributed by atoms with Gasteiger partial charge in [0.05, 0.1) is 17.2 Å². The van der Waals surface area contributed by atoms with Crippen molar-refractivity contribution in [1.29, 1.82) is 0 Å².